The number of ether oxygens (including phenoxy) is 1. The van der Waals surface area contributed by atoms with Crippen LogP contribution in [0.25, 0.3) is 0 Å². The molecule has 0 atom stereocenters. The van der Waals surface area contributed by atoms with Gasteiger partial charge in [0.2, 0.25) is 0 Å². The Hall–Kier alpha value is -2.05. The molecule has 0 saturated heterocycles. The van der Waals surface area contributed by atoms with Crippen molar-refractivity contribution in [3.8, 4) is 0 Å². The summed E-state index contributed by atoms with van der Waals surface area (Å²) in [6, 6.07) is 10.1. The minimum absolute atomic E-state index is 0.118. The molecule has 2 aromatic rings. The molecular weight excluding hydrogens is 322 g/mol. The number of urea groups is 1. The van der Waals surface area contributed by atoms with Crippen molar-refractivity contribution in [2.45, 2.75) is 13.0 Å². The minimum Gasteiger partial charge on any atom is -0.383 e. The Morgan fingerprint density at radius 1 is 1.38 bits per heavy atom. The number of benzene rings is 1. The third-order valence-electron chi connectivity index (χ3n) is 4.27. The summed E-state index contributed by atoms with van der Waals surface area (Å²) in [4.78, 5) is 17.8. The maximum Gasteiger partial charge on any atom is 0.321 e. The van der Waals surface area contributed by atoms with Gasteiger partial charge in [0.1, 0.15) is 0 Å². The van der Waals surface area contributed by atoms with E-state index in [4.69, 9.17) is 4.74 Å². The number of nitrogens with one attached hydrogen (secondary N) is 1. The molecule has 1 aliphatic rings. The number of carbonyl (C=O) groups excluding carboxylic acids is 1. The van der Waals surface area contributed by atoms with Crippen LogP contribution >= 0.6 is 11.3 Å². The first-order valence-electron chi connectivity index (χ1n) is 8.09. The smallest absolute Gasteiger partial charge is 0.321 e. The molecule has 5 nitrogen and oxygen atoms in total. The fraction of sp³-hybridized carbons (Fsp3) is 0.389. The van der Waals surface area contributed by atoms with Gasteiger partial charge < -0.3 is 19.9 Å². The average molecular weight is 345 g/mol. The Bertz CT molecular complexity index is 701. The van der Waals surface area contributed by atoms with Crippen molar-refractivity contribution >= 4 is 28.7 Å². The van der Waals surface area contributed by atoms with Crippen molar-refractivity contribution < 1.29 is 9.53 Å². The lowest BCUT2D eigenvalue weighted by Crippen LogP contribution is -2.35. The molecule has 2 amide bonds. The van der Waals surface area contributed by atoms with E-state index in [1.54, 1.807) is 19.1 Å². The molecule has 1 aromatic carbocycles. The minimum atomic E-state index is -0.118. The third kappa shape index (κ3) is 3.71. The summed E-state index contributed by atoms with van der Waals surface area (Å²) in [5.41, 5.74) is 3.32. The number of hydrogen-bond donors (Lipinski definition) is 1. The van der Waals surface area contributed by atoms with Gasteiger partial charge in [0.15, 0.2) is 0 Å². The lowest BCUT2D eigenvalue weighted by Gasteiger charge is -2.31. The SMILES string of the molecule is COCCN(C)C(=O)Nc1ccccc1N1CCc2sccc2C1. The number of nitrogens with zero attached hydrogens (tertiary/aromatic N) is 2. The molecule has 0 spiro atoms. The summed E-state index contributed by atoms with van der Waals surface area (Å²) >= 11 is 1.83. The molecule has 1 aliphatic heterocycles. The van der Waals surface area contributed by atoms with Crippen LogP contribution in [0.4, 0.5) is 16.2 Å². The van der Waals surface area contributed by atoms with Crippen LogP contribution in [-0.2, 0) is 17.7 Å². The molecule has 1 N–H and O–H groups in total. The molecule has 3 rings (SSSR count). The van der Waals surface area contributed by atoms with Gasteiger partial charge in [-0.3, -0.25) is 0 Å². The second-order valence-corrected chi connectivity index (χ2v) is 6.90. The molecule has 0 fully saturated rings. The van der Waals surface area contributed by atoms with Crippen molar-refractivity contribution in [3.63, 3.8) is 0 Å². The summed E-state index contributed by atoms with van der Waals surface area (Å²) in [6.45, 7) is 2.95. The van der Waals surface area contributed by atoms with Gasteiger partial charge >= 0.3 is 6.03 Å². The van der Waals surface area contributed by atoms with Crippen LogP contribution < -0.4 is 10.2 Å². The molecule has 0 saturated carbocycles. The quantitative estimate of drug-likeness (QED) is 0.903. The number of amides is 2. The molecule has 0 radical (unpaired) electrons. The van der Waals surface area contributed by atoms with E-state index in [0.717, 1.165) is 30.9 Å². The number of thiophene rings is 1. The highest BCUT2D eigenvalue weighted by Crippen LogP contribution is 2.32. The van der Waals surface area contributed by atoms with Crippen LogP contribution in [0.1, 0.15) is 10.4 Å². The number of para-hydroxylation sites is 2. The average Bonchev–Trinajstić information content (AvgIpc) is 3.07. The number of carbonyl (C=O) groups is 1. The number of hydrogen-bond acceptors (Lipinski definition) is 4. The maximum atomic E-state index is 12.4. The number of anilines is 2. The number of rotatable bonds is 5. The van der Waals surface area contributed by atoms with Gasteiger partial charge in [-0.05, 0) is 35.6 Å². The molecule has 0 unspecified atom stereocenters. The van der Waals surface area contributed by atoms with E-state index >= 15 is 0 Å². The first-order valence-corrected chi connectivity index (χ1v) is 8.97. The molecule has 0 aliphatic carbocycles. The van der Waals surface area contributed by atoms with E-state index in [1.165, 1.54) is 10.4 Å². The van der Waals surface area contributed by atoms with E-state index in [0.29, 0.717) is 13.2 Å². The first-order chi connectivity index (χ1) is 11.7. The van der Waals surface area contributed by atoms with E-state index in [1.807, 2.05) is 29.5 Å². The van der Waals surface area contributed by atoms with E-state index < -0.39 is 0 Å². The van der Waals surface area contributed by atoms with Gasteiger partial charge in [-0.15, -0.1) is 11.3 Å². The highest BCUT2D eigenvalue weighted by molar-refractivity contribution is 7.10. The number of likely N-dealkylation sites (N-methyl/N-ethyl adjacent to an activating group) is 1. The normalized spacial score (nSPS) is 13.5. The van der Waals surface area contributed by atoms with Crippen LogP contribution in [-0.4, -0.2) is 44.8 Å². The fourth-order valence-electron chi connectivity index (χ4n) is 2.85. The zero-order valence-corrected chi connectivity index (χ0v) is 14.9. The van der Waals surface area contributed by atoms with E-state index in [2.05, 4.69) is 27.7 Å². The molecule has 0 bridgehead atoms. The van der Waals surface area contributed by atoms with Crippen molar-refractivity contribution in [2.24, 2.45) is 0 Å². The Morgan fingerprint density at radius 2 is 2.21 bits per heavy atom. The predicted octanol–water partition coefficient (Wildman–Crippen LogP) is 3.42. The zero-order valence-electron chi connectivity index (χ0n) is 14.1. The van der Waals surface area contributed by atoms with Gasteiger partial charge in [0.25, 0.3) is 0 Å². The molecule has 6 heteroatoms. The fourth-order valence-corrected chi connectivity index (χ4v) is 3.74. The molecule has 24 heavy (non-hydrogen) atoms. The Balaban J connectivity index is 1.73. The lowest BCUT2D eigenvalue weighted by molar-refractivity contribution is 0.165. The van der Waals surface area contributed by atoms with Gasteiger partial charge in [-0.25, -0.2) is 4.79 Å². The highest BCUT2D eigenvalue weighted by atomic mass is 32.1. The van der Waals surface area contributed by atoms with Crippen LogP contribution in [0.15, 0.2) is 35.7 Å². The topological polar surface area (TPSA) is 44.8 Å². The van der Waals surface area contributed by atoms with Crippen molar-refractivity contribution in [3.05, 3.63) is 46.2 Å². The summed E-state index contributed by atoms with van der Waals surface area (Å²) in [6.07, 6.45) is 1.06. The lowest BCUT2D eigenvalue weighted by atomic mass is 10.1. The number of fused-ring (bicyclic) bond motifs is 1. The molecule has 2 heterocycles. The van der Waals surface area contributed by atoms with Crippen molar-refractivity contribution in [1.29, 1.82) is 0 Å². The maximum absolute atomic E-state index is 12.4. The van der Waals surface area contributed by atoms with Gasteiger partial charge in [0, 0.05) is 38.7 Å². The number of methoxy groups -OCH3 is 1. The Morgan fingerprint density at radius 3 is 3.04 bits per heavy atom. The molecule has 128 valence electrons. The Kier molecular flexibility index (Phi) is 5.37. The summed E-state index contributed by atoms with van der Waals surface area (Å²) in [5, 5.41) is 5.19. The van der Waals surface area contributed by atoms with Crippen molar-refractivity contribution in [1.82, 2.24) is 4.90 Å². The monoisotopic (exact) mass is 345 g/mol. The Labute approximate surface area is 146 Å². The van der Waals surface area contributed by atoms with Crippen molar-refractivity contribution in [2.75, 3.05) is 44.1 Å². The molecule has 1 aromatic heterocycles. The summed E-state index contributed by atoms with van der Waals surface area (Å²) < 4.78 is 5.03. The molecular formula is C18H23N3O2S. The first kappa shape index (κ1) is 16.8. The second-order valence-electron chi connectivity index (χ2n) is 5.90. The highest BCUT2D eigenvalue weighted by Gasteiger charge is 2.20. The predicted molar refractivity (Wildman–Crippen MR) is 99.0 cm³/mol. The van der Waals surface area contributed by atoms with Gasteiger partial charge in [-0.2, -0.15) is 0 Å². The standard InChI is InChI=1S/C18H23N3O2S/c1-20(10-11-23-2)18(22)19-15-5-3-4-6-16(15)21-9-7-17-14(13-21)8-12-24-17/h3-6,8,12H,7,9-11,13H2,1-2H3,(H,19,22). The summed E-state index contributed by atoms with van der Waals surface area (Å²) in [7, 11) is 3.41. The third-order valence-corrected chi connectivity index (χ3v) is 5.29. The van der Waals surface area contributed by atoms with Crippen LogP contribution in [0.2, 0.25) is 0 Å². The second kappa shape index (κ2) is 7.68. The van der Waals surface area contributed by atoms with Gasteiger partial charge in [-0.1, -0.05) is 12.1 Å². The van der Waals surface area contributed by atoms with Crippen LogP contribution in [0.3, 0.4) is 0 Å². The van der Waals surface area contributed by atoms with Crippen LogP contribution in [0.5, 0.6) is 0 Å². The van der Waals surface area contributed by atoms with E-state index in [9.17, 15) is 4.79 Å². The van der Waals surface area contributed by atoms with Gasteiger partial charge in [0.05, 0.1) is 18.0 Å². The zero-order chi connectivity index (χ0) is 16.9. The van der Waals surface area contributed by atoms with E-state index in [-0.39, 0.29) is 6.03 Å². The largest absolute Gasteiger partial charge is 0.383 e. The van der Waals surface area contributed by atoms with Crippen LogP contribution in [0, 0.1) is 0 Å². The summed E-state index contributed by atoms with van der Waals surface area (Å²) in [5.74, 6) is 0.